The molecule has 0 aliphatic rings. The van der Waals surface area contributed by atoms with Crippen LogP contribution in [0.4, 0.5) is 5.82 Å². The molecule has 0 radical (unpaired) electrons. The summed E-state index contributed by atoms with van der Waals surface area (Å²) in [5.74, 6) is 0.746. The van der Waals surface area contributed by atoms with E-state index in [1.165, 1.54) is 0 Å². The summed E-state index contributed by atoms with van der Waals surface area (Å²) in [6.07, 6.45) is 0.950. The van der Waals surface area contributed by atoms with Crippen molar-refractivity contribution >= 4 is 22.5 Å². The molecule has 2 rings (SSSR count). The molecule has 0 bridgehead atoms. The fraction of sp³-hybridized carbons (Fsp3) is 0.375. The minimum Gasteiger partial charge on any atom is -0.373 e. The third-order valence-electron chi connectivity index (χ3n) is 3.36. The van der Waals surface area contributed by atoms with E-state index < -0.39 is 0 Å². The monoisotopic (exact) mass is 271 g/mol. The Balaban J connectivity index is 2.46. The summed E-state index contributed by atoms with van der Waals surface area (Å²) in [6, 6.07) is 9.83. The van der Waals surface area contributed by atoms with Gasteiger partial charge in [-0.3, -0.25) is 4.79 Å². The van der Waals surface area contributed by atoms with Crippen LogP contribution in [0.5, 0.6) is 0 Å². The molecular weight excluding hydrogens is 250 g/mol. The normalized spacial score (nSPS) is 10.6. The van der Waals surface area contributed by atoms with Gasteiger partial charge in [0.25, 0.3) is 5.91 Å². The molecule has 106 valence electrons. The van der Waals surface area contributed by atoms with Crippen molar-refractivity contribution in [3.8, 4) is 0 Å². The fourth-order valence-electron chi connectivity index (χ4n) is 2.33. The van der Waals surface area contributed by atoms with Crippen molar-refractivity contribution in [3.63, 3.8) is 0 Å². The van der Waals surface area contributed by atoms with Crippen molar-refractivity contribution in [3.05, 3.63) is 36.0 Å². The number of carbonyl (C=O) groups excluding carboxylic acids is 1. The number of nitrogens with zero attached hydrogens (tertiary/aromatic N) is 2. The van der Waals surface area contributed by atoms with E-state index in [9.17, 15) is 4.79 Å². The number of pyridine rings is 1. The second-order valence-corrected chi connectivity index (χ2v) is 4.71. The number of benzene rings is 1. The molecule has 0 spiro atoms. The predicted molar refractivity (Wildman–Crippen MR) is 83.2 cm³/mol. The van der Waals surface area contributed by atoms with Crippen LogP contribution in [0.25, 0.3) is 10.8 Å². The summed E-state index contributed by atoms with van der Waals surface area (Å²) in [6.45, 7) is 5.53. The van der Waals surface area contributed by atoms with Crippen LogP contribution < -0.4 is 5.32 Å². The maximum atomic E-state index is 12.5. The standard InChI is InChI=1S/C16H21N3O/c1-4-10-19(5-2)16(20)14-11-12-8-6-7-9-13(12)15(17-3)18-14/h6-9,11H,4-5,10H2,1-3H3,(H,17,18). The highest BCUT2D eigenvalue weighted by atomic mass is 16.2. The molecule has 1 aromatic heterocycles. The number of hydrogen-bond donors (Lipinski definition) is 1. The Bertz CT molecular complexity index is 610. The van der Waals surface area contributed by atoms with Crippen LogP contribution in [0.1, 0.15) is 30.8 Å². The second kappa shape index (κ2) is 6.37. The number of carbonyl (C=O) groups is 1. The number of fused-ring (bicyclic) bond motifs is 1. The van der Waals surface area contributed by atoms with Crippen molar-refractivity contribution in [1.82, 2.24) is 9.88 Å². The van der Waals surface area contributed by atoms with Crippen molar-refractivity contribution in [1.29, 1.82) is 0 Å². The first-order valence-electron chi connectivity index (χ1n) is 7.08. The molecule has 0 aliphatic heterocycles. The topological polar surface area (TPSA) is 45.2 Å². The van der Waals surface area contributed by atoms with Gasteiger partial charge in [-0.15, -0.1) is 0 Å². The number of hydrogen-bond acceptors (Lipinski definition) is 3. The number of nitrogens with one attached hydrogen (secondary N) is 1. The fourth-order valence-corrected chi connectivity index (χ4v) is 2.33. The molecule has 0 saturated carbocycles. The molecule has 0 unspecified atom stereocenters. The second-order valence-electron chi connectivity index (χ2n) is 4.71. The first kappa shape index (κ1) is 14.3. The summed E-state index contributed by atoms with van der Waals surface area (Å²) in [4.78, 5) is 18.8. The molecule has 0 saturated heterocycles. The molecule has 0 fully saturated rings. The first-order valence-corrected chi connectivity index (χ1v) is 7.08. The molecule has 1 amide bonds. The lowest BCUT2D eigenvalue weighted by atomic mass is 10.1. The molecule has 0 aliphatic carbocycles. The van der Waals surface area contributed by atoms with Gasteiger partial charge in [-0.2, -0.15) is 0 Å². The van der Waals surface area contributed by atoms with E-state index >= 15 is 0 Å². The lowest BCUT2D eigenvalue weighted by Crippen LogP contribution is -2.32. The van der Waals surface area contributed by atoms with Gasteiger partial charge in [0.05, 0.1) is 0 Å². The summed E-state index contributed by atoms with van der Waals surface area (Å²) in [5, 5.41) is 5.14. The van der Waals surface area contributed by atoms with E-state index in [0.717, 1.165) is 29.6 Å². The Morgan fingerprint density at radius 3 is 2.70 bits per heavy atom. The van der Waals surface area contributed by atoms with Gasteiger partial charge in [-0.05, 0) is 24.8 Å². The number of amides is 1. The Labute approximate surface area is 119 Å². The van der Waals surface area contributed by atoms with E-state index in [0.29, 0.717) is 12.2 Å². The summed E-state index contributed by atoms with van der Waals surface area (Å²) in [5.41, 5.74) is 0.503. The molecule has 4 heteroatoms. The quantitative estimate of drug-likeness (QED) is 0.908. The minimum atomic E-state index is -0.00315. The Hall–Kier alpha value is -2.10. The van der Waals surface area contributed by atoms with Gasteiger partial charge < -0.3 is 10.2 Å². The highest BCUT2D eigenvalue weighted by molar-refractivity contribution is 6.00. The Morgan fingerprint density at radius 1 is 1.30 bits per heavy atom. The third kappa shape index (κ3) is 2.74. The van der Waals surface area contributed by atoms with Crippen LogP contribution in [0.15, 0.2) is 30.3 Å². The highest BCUT2D eigenvalue weighted by Crippen LogP contribution is 2.22. The molecule has 1 aromatic carbocycles. The van der Waals surface area contributed by atoms with Crippen LogP contribution in [0.2, 0.25) is 0 Å². The minimum absolute atomic E-state index is 0.00315. The van der Waals surface area contributed by atoms with Gasteiger partial charge in [0.15, 0.2) is 0 Å². The molecule has 20 heavy (non-hydrogen) atoms. The third-order valence-corrected chi connectivity index (χ3v) is 3.36. The highest BCUT2D eigenvalue weighted by Gasteiger charge is 2.16. The molecule has 1 N–H and O–H groups in total. The molecule has 4 nitrogen and oxygen atoms in total. The van der Waals surface area contributed by atoms with E-state index in [2.05, 4.69) is 17.2 Å². The van der Waals surface area contributed by atoms with E-state index in [4.69, 9.17) is 0 Å². The van der Waals surface area contributed by atoms with Crippen molar-refractivity contribution in [2.45, 2.75) is 20.3 Å². The Morgan fingerprint density at radius 2 is 2.05 bits per heavy atom. The van der Waals surface area contributed by atoms with E-state index in [1.807, 2.05) is 49.2 Å². The van der Waals surface area contributed by atoms with Gasteiger partial charge in [-0.1, -0.05) is 31.2 Å². The average Bonchev–Trinajstić information content (AvgIpc) is 2.50. The molecule has 1 heterocycles. The van der Waals surface area contributed by atoms with Gasteiger partial charge in [-0.25, -0.2) is 4.98 Å². The average molecular weight is 271 g/mol. The summed E-state index contributed by atoms with van der Waals surface area (Å²) >= 11 is 0. The summed E-state index contributed by atoms with van der Waals surface area (Å²) in [7, 11) is 1.83. The smallest absolute Gasteiger partial charge is 0.272 e. The van der Waals surface area contributed by atoms with Crippen molar-refractivity contribution < 1.29 is 4.79 Å². The Kier molecular flexibility index (Phi) is 4.56. The van der Waals surface area contributed by atoms with Gasteiger partial charge in [0.2, 0.25) is 0 Å². The van der Waals surface area contributed by atoms with Gasteiger partial charge in [0.1, 0.15) is 11.5 Å². The van der Waals surface area contributed by atoms with Crippen LogP contribution in [0, 0.1) is 0 Å². The molecule has 2 aromatic rings. The van der Waals surface area contributed by atoms with Crippen molar-refractivity contribution in [2.75, 3.05) is 25.5 Å². The zero-order chi connectivity index (χ0) is 14.5. The molecular formula is C16H21N3O. The van der Waals surface area contributed by atoms with Crippen LogP contribution in [0.3, 0.4) is 0 Å². The lowest BCUT2D eigenvalue weighted by Gasteiger charge is -2.20. The first-order chi connectivity index (χ1) is 9.71. The van der Waals surface area contributed by atoms with E-state index in [1.54, 1.807) is 0 Å². The van der Waals surface area contributed by atoms with Crippen molar-refractivity contribution in [2.24, 2.45) is 0 Å². The van der Waals surface area contributed by atoms with Gasteiger partial charge >= 0.3 is 0 Å². The molecule has 0 atom stereocenters. The van der Waals surface area contributed by atoms with Crippen LogP contribution in [-0.4, -0.2) is 35.9 Å². The number of rotatable bonds is 5. The van der Waals surface area contributed by atoms with Crippen LogP contribution >= 0.6 is 0 Å². The maximum Gasteiger partial charge on any atom is 0.272 e. The largest absolute Gasteiger partial charge is 0.373 e. The van der Waals surface area contributed by atoms with E-state index in [-0.39, 0.29) is 5.91 Å². The number of aromatic nitrogens is 1. The number of anilines is 1. The lowest BCUT2D eigenvalue weighted by molar-refractivity contribution is 0.0759. The summed E-state index contributed by atoms with van der Waals surface area (Å²) < 4.78 is 0. The SMILES string of the molecule is CCCN(CC)C(=O)c1cc2ccccc2c(NC)n1. The predicted octanol–water partition coefficient (Wildman–Crippen LogP) is 3.15. The zero-order valence-corrected chi connectivity index (χ0v) is 12.3. The zero-order valence-electron chi connectivity index (χ0n) is 12.3. The maximum absolute atomic E-state index is 12.5. The van der Waals surface area contributed by atoms with Crippen LogP contribution in [-0.2, 0) is 0 Å². The van der Waals surface area contributed by atoms with Gasteiger partial charge in [0, 0.05) is 25.5 Å².